The molecule has 0 aliphatic heterocycles. The molecule has 0 fully saturated rings. The van der Waals surface area contributed by atoms with Gasteiger partial charge < -0.3 is 5.32 Å². The molecule has 1 heterocycles. The summed E-state index contributed by atoms with van der Waals surface area (Å²) in [6.07, 6.45) is -4.44. The van der Waals surface area contributed by atoms with Gasteiger partial charge in [-0.3, -0.25) is 9.59 Å². The van der Waals surface area contributed by atoms with Crippen molar-refractivity contribution < 1.29 is 22.8 Å². The van der Waals surface area contributed by atoms with Gasteiger partial charge in [-0.25, -0.2) is 0 Å². The van der Waals surface area contributed by atoms with Crippen molar-refractivity contribution >= 4 is 34.6 Å². The van der Waals surface area contributed by atoms with E-state index in [1.54, 1.807) is 12.1 Å². The van der Waals surface area contributed by atoms with Crippen molar-refractivity contribution in [3.8, 4) is 0 Å². The minimum absolute atomic E-state index is 0.0191. The zero-order valence-electron chi connectivity index (χ0n) is 12.3. The van der Waals surface area contributed by atoms with Crippen LogP contribution in [-0.4, -0.2) is 11.7 Å². The first-order valence-corrected chi connectivity index (χ1v) is 8.16. The highest BCUT2D eigenvalue weighted by Gasteiger charge is 2.30. The number of alkyl halides is 3. The van der Waals surface area contributed by atoms with E-state index in [1.165, 1.54) is 12.1 Å². The third kappa shape index (κ3) is 5.35. The van der Waals surface area contributed by atoms with Crippen LogP contribution >= 0.6 is 22.9 Å². The first-order valence-electron chi connectivity index (χ1n) is 6.97. The smallest absolute Gasteiger partial charge is 0.352 e. The Morgan fingerprint density at radius 2 is 1.88 bits per heavy atom. The fourth-order valence-electron chi connectivity index (χ4n) is 1.96. The highest BCUT2D eigenvalue weighted by molar-refractivity contribution is 7.18. The van der Waals surface area contributed by atoms with Gasteiger partial charge in [-0.15, -0.1) is 11.3 Å². The molecule has 0 radical (unpaired) electrons. The maximum atomic E-state index is 12.6. The normalized spacial score (nSPS) is 11.3. The van der Waals surface area contributed by atoms with E-state index in [2.05, 4.69) is 5.32 Å². The Morgan fingerprint density at radius 1 is 1.12 bits per heavy atom. The molecule has 0 spiro atoms. The summed E-state index contributed by atoms with van der Waals surface area (Å²) in [7, 11) is 0. The molecule has 2 rings (SSSR count). The average Bonchev–Trinajstić information content (AvgIpc) is 2.96. The van der Waals surface area contributed by atoms with Crippen molar-refractivity contribution in [2.75, 3.05) is 0 Å². The molecule has 1 N–H and O–H groups in total. The maximum Gasteiger partial charge on any atom is 0.416 e. The summed E-state index contributed by atoms with van der Waals surface area (Å²) in [6, 6.07) is 7.93. The highest BCUT2D eigenvalue weighted by atomic mass is 35.5. The molecule has 0 atom stereocenters. The molecule has 8 heteroatoms. The fraction of sp³-hybridized carbons (Fsp3) is 0.250. The number of carbonyl (C=O) groups excluding carboxylic acids is 2. The lowest BCUT2D eigenvalue weighted by molar-refractivity contribution is -0.137. The van der Waals surface area contributed by atoms with Crippen molar-refractivity contribution in [3.05, 3.63) is 56.7 Å². The molecule has 0 saturated carbocycles. The number of rotatable bonds is 6. The number of benzene rings is 1. The van der Waals surface area contributed by atoms with E-state index >= 15 is 0 Å². The molecular formula is C16H13ClF3NO2S. The van der Waals surface area contributed by atoms with Crippen LogP contribution in [0.2, 0.25) is 4.34 Å². The number of carbonyl (C=O) groups is 2. The number of hydrogen-bond donors (Lipinski definition) is 1. The van der Waals surface area contributed by atoms with Gasteiger partial charge in [-0.05, 0) is 29.8 Å². The molecule has 0 unspecified atom stereocenters. The van der Waals surface area contributed by atoms with Gasteiger partial charge >= 0.3 is 6.18 Å². The number of halogens is 4. The molecule has 0 aliphatic rings. The second-order valence-corrected chi connectivity index (χ2v) is 6.72. The minimum Gasteiger partial charge on any atom is -0.352 e. The van der Waals surface area contributed by atoms with Crippen molar-refractivity contribution in [3.63, 3.8) is 0 Å². The summed E-state index contributed by atoms with van der Waals surface area (Å²) < 4.78 is 38.3. The summed E-state index contributed by atoms with van der Waals surface area (Å²) in [5, 5.41) is 2.51. The van der Waals surface area contributed by atoms with Crippen LogP contribution in [0.15, 0.2) is 36.4 Å². The fourth-order valence-corrected chi connectivity index (χ4v) is 2.97. The molecule has 128 valence electrons. The van der Waals surface area contributed by atoms with E-state index in [-0.39, 0.29) is 25.2 Å². The number of nitrogens with one attached hydrogen (secondary N) is 1. The van der Waals surface area contributed by atoms with Crippen LogP contribution in [0.25, 0.3) is 0 Å². The standard InChI is InChI=1S/C16H13ClF3NO2S/c17-14-6-5-13(24-14)12(22)4-7-15(23)21-9-10-2-1-3-11(8-10)16(18,19)20/h1-3,5-6,8H,4,7,9H2,(H,21,23). The van der Waals surface area contributed by atoms with Gasteiger partial charge in [0.25, 0.3) is 0 Å². The van der Waals surface area contributed by atoms with Crippen LogP contribution in [0.1, 0.15) is 33.6 Å². The molecule has 3 nitrogen and oxygen atoms in total. The molecule has 0 saturated heterocycles. The van der Waals surface area contributed by atoms with Crippen molar-refractivity contribution in [2.45, 2.75) is 25.6 Å². The Balaban J connectivity index is 1.82. The van der Waals surface area contributed by atoms with Crippen LogP contribution in [0.3, 0.4) is 0 Å². The van der Waals surface area contributed by atoms with Gasteiger partial charge in [0.05, 0.1) is 14.8 Å². The number of ketones is 1. The van der Waals surface area contributed by atoms with Crippen LogP contribution in [0.4, 0.5) is 13.2 Å². The zero-order chi connectivity index (χ0) is 17.7. The van der Waals surface area contributed by atoms with E-state index in [9.17, 15) is 22.8 Å². The van der Waals surface area contributed by atoms with Crippen molar-refractivity contribution in [1.29, 1.82) is 0 Å². The Labute approximate surface area is 145 Å². The first-order chi connectivity index (χ1) is 11.3. The molecule has 1 aromatic carbocycles. The molecule has 1 aromatic heterocycles. The Morgan fingerprint density at radius 3 is 2.50 bits per heavy atom. The summed E-state index contributed by atoms with van der Waals surface area (Å²) in [5.41, 5.74) is -0.423. The second-order valence-electron chi connectivity index (χ2n) is 5.00. The SMILES string of the molecule is O=C(CCC(=O)c1ccc(Cl)s1)NCc1cccc(C(F)(F)F)c1. The number of amides is 1. The van der Waals surface area contributed by atoms with E-state index in [0.29, 0.717) is 14.8 Å². The van der Waals surface area contributed by atoms with E-state index < -0.39 is 17.6 Å². The van der Waals surface area contributed by atoms with Crippen LogP contribution < -0.4 is 5.32 Å². The monoisotopic (exact) mass is 375 g/mol. The van der Waals surface area contributed by atoms with Gasteiger partial charge in [0.1, 0.15) is 0 Å². The number of hydrogen-bond acceptors (Lipinski definition) is 3. The van der Waals surface area contributed by atoms with E-state index in [1.807, 2.05) is 0 Å². The molecule has 0 bridgehead atoms. The zero-order valence-corrected chi connectivity index (χ0v) is 13.9. The lowest BCUT2D eigenvalue weighted by atomic mass is 10.1. The summed E-state index contributed by atoms with van der Waals surface area (Å²) in [6.45, 7) is -0.0260. The van der Waals surface area contributed by atoms with Gasteiger partial charge in [0, 0.05) is 19.4 Å². The molecule has 1 amide bonds. The average molecular weight is 376 g/mol. The Hall–Kier alpha value is -1.86. The third-order valence-electron chi connectivity index (χ3n) is 3.17. The minimum atomic E-state index is -4.42. The molecule has 24 heavy (non-hydrogen) atoms. The van der Waals surface area contributed by atoms with E-state index in [4.69, 9.17) is 11.6 Å². The lowest BCUT2D eigenvalue weighted by Gasteiger charge is -2.09. The van der Waals surface area contributed by atoms with Crippen LogP contribution in [0, 0.1) is 0 Å². The Kier molecular flexibility index (Phi) is 6.01. The van der Waals surface area contributed by atoms with E-state index in [0.717, 1.165) is 23.5 Å². The highest BCUT2D eigenvalue weighted by Crippen LogP contribution is 2.29. The largest absolute Gasteiger partial charge is 0.416 e. The van der Waals surface area contributed by atoms with Gasteiger partial charge in [-0.1, -0.05) is 23.7 Å². The second kappa shape index (κ2) is 7.81. The number of Topliss-reactive ketones (excluding diaryl/α,β-unsaturated/α-hetero) is 1. The third-order valence-corrected chi connectivity index (χ3v) is 4.44. The summed E-state index contributed by atoms with van der Waals surface area (Å²) >= 11 is 6.88. The van der Waals surface area contributed by atoms with Gasteiger partial charge in [0.15, 0.2) is 5.78 Å². The van der Waals surface area contributed by atoms with Crippen LogP contribution in [-0.2, 0) is 17.5 Å². The maximum absolute atomic E-state index is 12.6. The van der Waals surface area contributed by atoms with Crippen LogP contribution in [0.5, 0.6) is 0 Å². The Bertz CT molecular complexity index is 743. The van der Waals surface area contributed by atoms with Crippen molar-refractivity contribution in [2.24, 2.45) is 0 Å². The lowest BCUT2D eigenvalue weighted by Crippen LogP contribution is -2.23. The van der Waals surface area contributed by atoms with Gasteiger partial charge in [0.2, 0.25) is 5.91 Å². The predicted octanol–water partition coefficient (Wildman–Crippen LogP) is 4.70. The summed E-state index contributed by atoms with van der Waals surface area (Å²) in [4.78, 5) is 24.0. The van der Waals surface area contributed by atoms with Crippen molar-refractivity contribution in [1.82, 2.24) is 5.32 Å². The molecular weight excluding hydrogens is 363 g/mol. The molecule has 0 aliphatic carbocycles. The number of thiophene rings is 1. The molecule has 2 aromatic rings. The topological polar surface area (TPSA) is 46.2 Å². The quantitative estimate of drug-likeness (QED) is 0.744. The predicted molar refractivity (Wildman–Crippen MR) is 86.2 cm³/mol. The van der Waals surface area contributed by atoms with Gasteiger partial charge in [-0.2, -0.15) is 13.2 Å². The summed E-state index contributed by atoms with van der Waals surface area (Å²) in [5.74, 6) is -0.593. The first kappa shape index (κ1) is 18.5.